The first-order valence-electron chi connectivity index (χ1n) is 10.3. The number of nitrogens with one attached hydrogen (secondary N) is 2. The molecule has 1 fully saturated rings. The molecule has 3 heterocycles. The van der Waals surface area contributed by atoms with Crippen LogP contribution < -0.4 is 16.0 Å². The van der Waals surface area contributed by atoms with Gasteiger partial charge < -0.3 is 25.3 Å². The molecule has 0 atom stereocenters. The van der Waals surface area contributed by atoms with Crippen LogP contribution in [0.2, 0.25) is 0 Å². The fraction of sp³-hybridized carbons (Fsp3) is 0.391. The Morgan fingerprint density at radius 3 is 2.60 bits per heavy atom. The third kappa shape index (κ3) is 4.41. The number of fused-ring (bicyclic) bond motifs is 1. The number of amides is 1. The zero-order valence-corrected chi connectivity index (χ0v) is 17.5. The first-order chi connectivity index (χ1) is 14.3. The van der Waals surface area contributed by atoms with E-state index in [9.17, 15) is 9.59 Å². The van der Waals surface area contributed by atoms with Gasteiger partial charge in [-0.15, -0.1) is 0 Å². The van der Waals surface area contributed by atoms with Gasteiger partial charge in [-0.05, 0) is 62.3 Å². The average Bonchev–Trinajstić information content (AvgIpc) is 3.34. The minimum Gasteiger partial charge on any atom is -0.493 e. The topological polar surface area (TPSA) is 104 Å². The highest BCUT2D eigenvalue weighted by Crippen LogP contribution is 2.27. The number of rotatable bonds is 7. The second-order valence-corrected chi connectivity index (χ2v) is 8.85. The molecule has 7 nitrogen and oxygen atoms in total. The van der Waals surface area contributed by atoms with Crippen LogP contribution >= 0.6 is 0 Å². The van der Waals surface area contributed by atoms with Crippen molar-refractivity contribution in [2.24, 2.45) is 11.1 Å². The molecule has 1 amide bonds. The van der Waals surface area contributed by atoms with Crippen LogP contribution in [0.5, 0.6) is 5.75 Å². The van der Waals surface area contributed by atoms with E-state index in [0.29, 0.717) is 17.9 Å². The number of aromatic amines is 2. The molecule has 158 valence electrons. The zero-order valence-electron chi connectivity index (χ0n) is 17.5. The van der Waals surface area contributed by atoms with E-state index in [1.165, 1.54) is 32.0 Å². The smallest absolute Gasteiger partial charge is 0.265 e. The molecule has 4 rings (SSSR count). The van der Waals surface area contributed by atoms with Crippen LogP contribution in [0.15, 0.2) is 41.2 Å². The minimum absolute atomic E-state index is 0.0675. The third-order valence-corrected chi connectivity index (χ3v) is 5.54. The normalized spacial score (nSPS) is 15.0. The van der Waals surface area contributed by atoms with Gasteiger partial charge in [0.15, 0.2) is 0 Å². The minimum atomic E-state index is -0.662. The molecule has 7 heteroatoms. The Kier molecular flexibility index (Phi) is 5.39. The molecular formula is C23H28N4O3. The Morgan fingerprint density at radius 1 is 1.13 bits per heavy atom. The summed E-state index contributed by atoms with van der Waals surface area (Å²) in [5.41, 5.74) is 7.05. The highest BCUT2D eigenvalue weighted by molar-refractivity contribution is 5.91. The summed E-state index contributed by atoms with van der Waals surface area (Å²) in [7, 11) is 0. The monoisotopic (exact) mass is 408 g/mol. The number of hydrogen-bond acceptors (Lipinski definition) is 4. The van der Waals surface area contributed by atoms with Gasteiger partial charge in [-0.2, -0.15) is 0 Å². The number of likely N-dealkylation sites (tertiary alicyclic amines) is 1. The summed E-state index contributed by atoms with van der Waals surface area (Å²) in [6, 6.07) is 10.9. The van der Waals surface area contributed by atoms with Crippen molar-refractivity contribution in [3.05, 3.63) is 52.4 Å². The summed E-state index contributed by atoms with van der Waals surface area (Å²) in [5.74, 6) is 0.144. The number of pyridine rings is 1. The van der Waals surface area contributed by atoms with Gasteiger partial charge in [0.1, 0.15) is 11.4 Å². The summed E-state index contributed by atoms with van der Waals surface area (Å²) in [6.45, 7) is 8.51. The zero-order chi connectivity index (χ0) is 21.3. The van der Waals surface area contributed by atoms with Crippen molar-refractivity contribution in [1.29, 1.82) is 0 Å². The SMILES string of the molecule is CC(C)(COc1ccc2[nH]c(-c3ccc(C(N)=O)[nH]c3=O)cc2c1)CN1CCCC1. The number of primary amides is 1. The van der Waals surface area contributed by atoms with Crippen molar-refractivity contribution in [1.82, 2.24) is 14.9 Å². The van der Waals surface area contributed by atoms with Gasteiger partial charge in [0.05, 0.1) is 17.9 Å². The molecule has 0 radical (unpaired) electrons. The molecule has 0 spiro atoms. The van der Waals surface area contributed by atoms with Crippen LogP contribution in [0.3, 0.4) is 0 Å². The molecular weight excluding hydrogens is 380 g/mol. The molecule has 0 saturated carbocycles. The van der Waals surface area contributed by atoms with E-state index in [0.717, 1.165) is 23.2 Å². The molecule has 1 aliphatic heterocycles. The molecule has 3 aromatic rings. The molecule has 0 bridgehead atoms. The largest absolute Gasteiger partial charge is 0.493 e. The number of nitrogens with zero attached hydrogens (tertiary/aromatic N) is 1. The number of nitrogens with two attached hydrogens (primary N) is 1. The van der Waals surface area contributed by atoms with Gasteiger partial charge in [-0.25, -0.2) is 0 Å². The number of carbonyl (C=O) groups excluding carboxylic acids is 1. The van der Waals surface area contributed by atoms with Crippen LogP contribution in [-0.4, -0.2) is 47.0 Å². The molecule has 1 saturated heterocycles. The predicted octanol–water partition coefficient (Wildman–Crippen LogP) is 3.12. The Bertz CT molecular complexity index is 1120. The van der Waals surface area contributed by atoms with Gasteiger partial charge in [-0.3, -0.25) is 9.59 Å². The van der Waals surface area contributed by atoms with Gasteiger partial charge in [-0.1, -0.05) is 13.8 Å². The van der Waals surface area contributed by atoms with Crippen LogP contribution in [0.25, 0.3) is 22.2 Å². The lowest BCUT2D eigenvalue weighted by molar-refractivity contribution is 0.0995. The maximum absolute atomic E-state index is 12.3. The van der Waals surface area contributed by atoms with Crippen LogP contribution in [-0.2, 0) is 0 Å². The number of H-pyrrole nitrogens is 2. The van der Waals surface area contributed by atoms with Gasteiger partial charge in [0, 0.05) is 22.9 Å². The van der Waals surface area contributed by atoms with E-state index in [1.54, 1.807) is 6.07 Å². The van der Waals surface area contributed by atoms with E-state index in [2.05, 4.69) is 28.7 Å². The van der Waals surface area contributed by atoms with Crippen molar-refractivity contribution in [3.63, 3.8) is 0 Å². The molecule has 30 heavy (non-hydrogen) atoms. The second kappa shape index (κ2) is 7.99. The fourth-order valence-electron chi connectivity index (χ4n) is 4.05. The molecule has 4 N–H and O–H groups in total. The van der Waals surface area contributed by atoms with Crippen LogP contribution in [0.1, 0.15) is 37.2 Å². The van der Waals surface area contributed by atoms with Crippen LogP contribution in [0.4, 0.5) is 0 Å². The summed E-state index contributed by atoms with van der Waals surface area (Å²) >= 11 is 0. The lowest BCUT2D eigenvalue weighted by Gasteiger charge is -2.29. The van der Waals surface area contributed by atoms with E-state index in [1.807, 2.05) is 24.3 Å². The summed E-state index contributed by atoms with van der Waals surface area (Å²) in [4.78, 5) is 31.8. The molecule has 0 aliphatic carbocycles. The van der Waals surface area contributed by atoms with Crippen molar-refractivity contribution in [2.75, 3.05) is 26.2 Å². The quantitative estimate of drug-likeness (QED) is 0.559. The first-order valence-corrected chi connectivity index (χ1v) is 10.3. The van der Waals surface area contributed by atoms with Gasteiger partial charge >= 0.3 is 0 Å². The van der Waals surface area contributed by atoms with Crippen molar-refractivity contribution < 1.29 is 9.53 Å². The molecule has 0 unspecified atom stereocenters. The van der Waals surface area contributed by atoms with Gasteiger partial charge in [0.25, 0.3) is 11.5 Å². The predicted molar refractivity (Wildman–Crippen MR) is 118 cm³/mol. The maximum atomic E-state index is 12.3. The lowest BCUT2D eigenvalue weighted by Crippen LogP contribution is -2.36. The Balaban J connectivity index is 1.50. The summed E-state index contributed by atoms with van der Waals surface area (Å²) < 4.78 is 6.11. The first kappa shape index (κ1) is 20.2. The number of carbonyl (C=O) groups is 1. The highest BCUT2D eigenvalue weighted by Gasteiger charge is 2.24. The van der Waals surface area contributed by atoms with Gasteiger partial charge in [0.2, 0.25) is 0 Å². The standard InChI is InChI=1S/C23H28N4O3/c1-23(2,13-27-9-3-4-10-27)14-30-16-5-7-18-15(11-16)12-20(25-18)17-6-8-19(21(24)28)26-22(17)29/h5-8,11-12,25H,3-4,9-10,13-14H2,1-2H3,(H2,24,28)(H,26,29). The van der Waals surface area contributed by atoms with Crippen molar-refractivity contribution >= 4 is 16.8 Å². The Hall–Kier alpha value is -3.06. The lowest BCUT2D eigenvalue weighted by atomic mass is 9.94. The molecule has 1 aliphatic rings. The molecule has 1 aromatic carbocycles. The maximum Gasteiger partial charge on any atom is 0.265 e. The van der Waals surface area contributed by atoms with Crippen molar-refractivity contribution in [2.45, 2.75) is 26.7 Å². The number of aromatic nitrogens is 2. The fourth-order valence-corrected chi connectivity index (χ4v) is 4.05. The van der Waals surface area contributed by atoms with E-state index >= 15 is 0 Å². The number of benzene rings is 1. The van der Waals surface area contributed by atoms with E-state index < -0.39 is 5.91 Å². The van der Waals surface area contributed by atoms with E-state index in [4.69, 9.17) is 10.5 Å². The third-order valence-electron chi connectivity index (χ3n) is 5.54. The second-order valence-electron chi connectivity index (χ2n) is 8.85. The van der Waals surface area contributed by atoms with Crippen molar-refractivity contribution in [3.8, 4) is 17.0 Å². The van der Waals surface area contributed by atoms with Crippen LogP contribution in [0, 0.1) is 5.41 Å². The number of ether oxygens (including phenoxy) is 1. The molecule has 2 aromatic heterocycles. The Morgan fingerprint density at radius 2 is 1.90 bits per heavy atom. The summed E-state index contributed by atoms with van der Waals surface area (Å²) in [6.07, 6.45) is 2.58. The average molecular weight is 409 g/mol. The number of hydrogen-bond donors (Lipinski definition) is 3. The Labute approximate surface area is 175 Å². The summed E-state index contributed by atoms with van der Waals surface area (Å²) in [5, 5.41) is 0.957. The van der Waals surface area contributed by atoms with E-state index in [-0.39, 0.29) is 16.7 Å². The highest BCUT2D eigenvalue weighted by atomic mass is 16.5.